The van der Waals surface area contributed by atoms with Gasteiger partial charge in [-0.05, 0) is 18.8 Å². The van der Waals surface area contributed by atoms with Gasteiger partial charge in [0.1, 0.15) is 5.82 Å². The van der Waals surface area contributed by atoms with Gasteiger partial charge in [0.25, 0.3) is 0 Å². The minimum atomic E-state index is -0.751. The third-order valence-electron chi connectivity index (χ3n) is 3.50. The van der Waals surface area contributed by atoms with E-state index in [-0.39, 0.29) is 5.92 Å². The van der Waals surface area contributed by atoms with Crippen molar-refractivity contribution in [2.75, 3.05) is 23.4 Å². The van der Waals surface area contributed by atoms with Crippen molar-refractivity contribution in [3.05, 3.63) is 28.5 Å². The Labute approximate surface area is 117 Å². The standard InChI is InChI=1S/C13H15FN2O3S/c14-9-4-11-12(19-13(17)16-11)5-10(9)15-6-8-2-1-3-20(18)7-8/h4-5,8,15H,1-3,6-7H2,(H,16,17). The fourth-order valence-corrected chi connectivity index (χ4v) is 3.95. The lowest BCUT2D eigenvalue weighted by molar-refractivity contribution is 0.529. The van der Waals surface area contributed by atoms with Gasteiger partial charge < -0.3 is 9.73 Å². The summed E-state index contributed by atoms with van der Waals surface area (Å²) in [5, 5.41) is 3.02. The van der Waals surface area contributed by atoms with Gasteiger partial charge >= 0.3 is 5.76 Å². The molecule has 1 fully saturated rings. The Bertz CT molecular complexity index is 709. The summed E-state index contributed by atoms with van der Waals surface area (Å²) in [6, 6.07) is 2.71. The van der Waals surface area contributed by atoms with Gasteiger partial charge in [0.05, 0.1) is 11.2 Å². The first kappa shape index (κ1) is 13.4. The van der Waals surface area contributed by atoms with E-state index in [0.717, 1.165) is 18.6 Å². The Kier molecular flexibility index (Phi) is 3.60. The zero-order valence-corrected chi connectivity index (χ0v) is 11.6. The van der Waals surface area contributed by atoms with E-state index in [1.807, 2.05) is 0 Å². The Hall–Kier alpha value is -1.63. The van der Waals surface area contributed by atoms with E-state index in [1.165, 1.54) is 12.1 Å². The molecular formula is C13H15FN2O3S. The zero-order chi connectivity index (χ0) is 14.1. The molecule has 0 saturated carbocycles. The van der Waals surface area contributed by atoms with Crippen LogP contribution in [0.1, 0.15) is 12.8 Å². The molecule has 2 heterocycles. The van der Waals surface area contributed by atoms with Crippen LogP contribution in [-0.2, 0) is 10.8 Å². The van der Waals surface area contributed by atoms with E-state index in [9.17, 15) is 13.4 Å². The number of aromatic nitrogens is 1. The normalized spacial score (nSPS) is 23.1. The summed E-state index contributed by atoms with van der Waals surface area (Å²) in [5.74, 6) is 0.685. The number of nitrogens with one attached hydrogen (secondary N) is 2. The lowest BCUT2D eigenvalue weighted by atomic mass is 10.1. The molecule has 2 atom stereocenters. The second-order valence-corrected chi connectivity index (χ2v) is 6.66. The summed E-state index contributed by atoms with van der Waals surface area (Å²) in [7, 11) is -0.751. The Morgan fingerprint density at radius 1 is 1.50 bits per heavy atom. The predicted molar refractivity (Wildman–Crippen MR) is 75.9 cm³/mol. The first-order valence-electron chi connectivity index (χ1n) is 6.53. The number of aromatic amines is 1. The van der Waals surface area contributed by atoms with Crippen molar-refractivity contribution in [3.63, 3.8) is 0 Å². The third kappa shape index (κ3) is 2.77. The van der Waals surface area contributed by atoms with Crippen LogP contribution in [0.3, 0.4) is 0 Å². The van der Waals surface area contributed by atoms with Crippen LogP contribution in [0.15, 0.2) is 21.3 Å². The van der Waals surface area contributed by atoms with Crippen LogP contribution >= 0.6 is 0 Å². The summed E-state index contributed by atoms with van der Waals surface area (Å²) in [6.45, 7) is 0.572. The second kappa shape index (κ2) is 5.40. The van der Waals surface area contributed by atoms with Crippen molar-refractivity contribution in [3.8, 4) is 0 Å². The smallest absolute Gasteiger partial charge is 0.408 e. The van der Waals surface area contributed by atoms with Gasteiger partial charge in [-0.1, -0.05) is 0 Å². The van der Waals surface area contributed by atoms with E-state index in [2.05, 4.69) is 10.3 Å². The minimum absolute atomic E-state index is 0.290. The number of rotatable bonds is 3. The molecule has 1 aliphatic rings. The van der Waals surface area contributed by atoms with Crippen LogP contribution < -0.4 is 11.1 Å². The van der Waals surface area contributed by atoms with Crippen LogP contribution in [0.2, 0.25) is 0 Å². The lowest BCUT2D eigenvalue weighted by Gasteiger charge is -2.22. The fraction of sp³-hybridized carbons (Fsp3) is 0.462. The minimum Gasteiger partial charge on any atom is -0.408 e. The molecule has 2 unspecified atom stereocenters. The van der Waals surface area contributed by atoms with E-state index in [4.69, 9.17) is 4.42 Å². The number of anilines is 1. The topological polar surface area (TPSA) is 75.1 Å². The number of hydrogen-bond acceptors (Lipinski definition) is 4. The Morgan fingerprint density at radius 3 is 3.15 bits per heavy atom. The van der Waals surface area contributed by atoms with Crippen LogP contribution in [0, 0.1) is 11.7 Å². The number of benzene rings is 1. The molecule has 0 spiro atoms. The molecule has 1 aromatic carbocycles. The molecule has 20 heavy (non-hydrogen) atoms. The first-order valence-corrected chi connectivity index (χ1v) is 8.02. The molecule has 1 aromatic heterocycles. The van der Waals surface area contributed by atoms with Gasteiger partial charge in [-0.15, -0.1) is 0 Å². The second-order valence-electron chi connectivity index (χ2n) is 5.04. The maximum absolute atomic E-state index is 13.9. The Balaban J connectivity index is 1.75. The maximum atomic E-state index is 13.9. The van der Waals surface area contributed by atoms with Gasteiger partial charge in [-0.2, -0.15) is 0 Å². The summed E-state index contributed by atoms with van der Waals surface area (Å²) in [6.07, 6.45) is 1.95. The molecule has 1 saturated heterocycles. The average Bonchev–Trinajstić information content (AvgIpc) is 2.75. The molecule has 7 heteroatoms. The van der Waals surface area contributed by atoms with Crippen LogP contribution in [0.25, 0.3) is 11.1 Å². The van der Waals surface area contributed by atoms with Crippen LogP contribution in [0.5, 0.6) is 0 Å². The molecule has 0 radical (unpaired) electrons. The van der Waals surface area contributed by atoms with Gasteiger partial charge in [-0.3, -0.25) is 9.19 Å². The zero-order valence-electron chi connectivity index (χ0n) is 10.8. The lowest BCUT2D eigenvalue weighted by Crippen LogP contribution is -2.26. The van der Waals surface area contributed by atoms with Crippen molar-refractivity contribution >= 4 is 27.6 Å². The predicted octanol–water partition coefficient (Wildman–Crippen LogP) is 1.83. The highest BCUT2D eigenvalue weighted by Crippen LogP contribution is 2.22. The number of H-pyrrole nitrogens is 1. The highest BCUT2D eigenvalue weighted by Gasteiger charge is 2.19. The molecule has 2 aromatic rings. The van der Waals surface area contributed by atoms with Crippen molar-refractivity contribution < 1.29 is 13.0 Å². The third-order valence-corrected chi connectivity index (χ3v) is 5.08. The quantitative estimate of drug-likeness (QED) is 0.906. The van der Waals surface area contributed by atoms with E-state index in [0.29, 0.717) is 29.1 Å². The summed E-state index contributed by atoms with van der Waals surface area (Å²) in [4.78, 5) is 13.5. The molecule has 0 bridgehead atoms. The summed E-state index contributed by atoms with van der Waals surface area (Å²) in [5.41, 5.74) is 0.972. The monoisotopic (exact) mass is 298 g/mol. The first-order chi connectivity index (χ1) is 9.61. The summed E-state index contributed by atoms with van der Waals surface area (Å²) >= 11 is 0. The molecule has 3 rings (SSSR count). The highest BCUT2D eigenvalue weighted by molar-refractivity contribution is 7.85. The van der Waals surface area contributed by atoms with Gasteiger partial charge in [-0.25, -0.2) is 9.18 Å². The van der Waals surface area contributed by atoms with Crippen molar-refractivity contribution in [1.82, 2.24) is 4.98 Å². The molecular weight excluding hydrogens is 283 g/mol. The van der Waals surface area contributed by atoms with E-state index < -0.39 is 22.4 Å². The molecule has 1 aliphatic heterocycles. The van der Waals surface area contributed by atoms with Crippen LogP contribution in [-0.4, -0.2) is 27.2 Å². The van der Waals surface area contributed by atoms with Crippen molar-refractivity contribution in [2.45, 2.75) is 12.8 Å². The van der Waals surface area contributed by atoms with Crippen molar-refractivity contribution in [1.29, 1.82) is 0 Å². The van der Waals surface area contributed by atoms with E-state index >= 15 is 0 Å². The van der Waals surface area contributed by atoms with E-state index in [1.54, 1.807) is 0 Å². The average molecular weight is 298 g/mol. The molecule has 108 valence electrons. The van der Waals surface area contributed by atoms with Crippen LogP contribution in [0.4, 0.5) is 10.1 Å². The van der Waals surface area contributed by atoms with Gasteiger partial charge in [0.2, 0.25) is 0 Å². The fourth-order valence-electron chi connectivity index (χ4n) is 2.48. The number of oxazole rings is 1. The SMILES string of the molecule is O=c1[nH]c2cc(F)c(NCC3CCCS(=O)C3)cc2o1. The number of halogens is 1. The van der Waals surface area contributed by atoms with Gasteiger partial charge in [0, 0.05) is 41.0 Å². The highest BCUT2D eigenvalue weighted by atomic mass is 32.2. The number of hydrogen-bond donors (Lipinski definition) is 2. The summed E-state index contributed by atoms with van der Waals surface area (Å²) < 4.78 is 30.3. The maximum Gasteiger partial charge on any atom is 0.417 e. The largest absolute Gasteiger partial charge is 0.417 e. The molecule has 0 aliphatic carbocycles. The molecule has 0 amide bonds. The Morgan fingerprint density at radius 2 is 2.35 bits per heavy atom. The molecule has 5 nitrogen and oxygen atoms in total. The number of fused-ring (bicyclic) bond motifs is 1. The molecule has 2 N–H and O–H groups in total. The van der Waals surface area contributed by atoms with Gasteiger partial charge in [0.15, 0.2) is 5.58 Å². The van der Waals surface area contributed by atoms with Crippen molar-refractivity contribution in [2.24, 2.45) is 5.92 Å².